The van der Waals surface area contributed by atoms with Gasteiger partial charge < -0.3 is 10.1 Å². The summed E-state index contributed by atoms with van der Waals surface area (Å²) < 4.78 is 6.86. The van der Waals surface area contributed by atoms with E-state index in [1.165, 1.54) is 12.8 Å². The van der Waals surface area contributed by atoms with E-state index in [2.05, 4.69) is 37.9 Å². The number of halogens is 1. The van der Waals surface area contributed by atoms with E-state index in [1.807, 2.05) is 6.20 Å². The largest absolute Gasteiger partial charge is 0.376 e. The molecule has 2 unspecified atom stereocenters. The van der Waals surface area contributed by atoms with Gasteiger partial charge in [0.25, 0.3) is 0 Å². The maximum Gasteiger partial charge on any atom is 0.143 e. The Morgan fingerprint density at radius 1 is 1.38 bits per heavy atom. The Bertz CT molecular complexity index is 383. The number of rotatable bonds is 3. The van der Waals surface area contributed by atoms with E-state index in [0.717, 1.165) is 28.3 Å². The second-order valence-corrected chi connectivity index (χ2v) is 5.59. The van der Waals surface area contributed by atoms with Gasteiger partial charge >= 0.3 is 0 Å². The summed E-state index contributed by atoms with van der Waals surface area (Å²) >= 11 is 2.26. The number of nitrogens with zero attached hydrogens (tertiary/aromatic N) is 2. The van der Waals surface area contributed by atoms with Crippen molar-refractivity contribution in [1.82, 2.24) is 9.97 Å². The summed E-state index contributed by atoms with van der Waals surface area (Å²) in [6.07, 6.45) is 7.55. The van der Waals surface area contributed by atoms with Crippen LogP contribution < -0.4 is 5.32 Å². The fourth-order valence-corrected chi connectivity index (χ4v) is 2.71. The lowest BCUT2D eigenvalue weighted by Crippen LogP contribution is -2.31. The molecule has 2 atom stereocenters. The van der Waals surface area contributed by atoms with Crippen molar-refractivity contribution < 1.29 is 4.74 Å². The van der Waals surface area contributed by atoms with Gasteiger partial charge in [-0.3, -0.25) is 0 Å². The van der Waals surface area contributed by atoms with E-state index in [-0.39, 0.29) is 0 Å². The summed E-state index contributed by atoms with van der Waals surface area (Å²) in [6.45, 7) is 0.875. The molecule has 16 heavy (non-hydrogen) atoms. The van der Waals surface area contributed by atoms with Crippen molar-refractivity contribution in [2.24, 2.45) is 5.92 Å². The summed E-state index contributed by atoms with van der Waals surface area (Å²) in [5, 5.41) is 3.50. The number of anilines is 1. The topological polar surface area (TPSA) is 47.0 Å². The highest BCUT2D eigenvalue weighted by Gasteiger charge is 2.40. The zero-order valence-corrected chi connectivity index (χ0v) is 11.1. The van der Waals surface area contributed by atoms with Crippen molar-refractivity contribution in [2.75, 3.05) is 11.9 Å². The fraction of sp³-hybridized carbons (Fsp3) is 0.636. The Morgan fingerprint density at radius 3 is 3.00 bits per heavy atom. The lowest BCUT2D eigenvalue weighted by molar-refractivity contribution is 0.0898. The van der Waals surface area contributed by atoms with Gasteiger partial charge in [-0.1, -0.05) is 0 Å². The minimum atomic E-state index is 0.394. The van der Waals surface area contributed by atoms with Crippen LogP contribution in [0.3, 0.4) is 0 Å². The molecule has 0 radical (unpaired) electrons. The van der Waals surface area contributed by atoms with Crippen LogP contribution in [0.25, 0.3) is 0 Å². The van der Waals surface area contributed by atoms with Crippen LogP contribution in [0.4, 0.5) is 5.82 Å². The minimum Gasteiger partial charge on any atom is -0.376 e. The Kier molecular flexibility index (Phi) is 2.97. The first-order chi connectivity index (χ1) is 7.84. The second-order valence-electron chi connectivity index (χ2n) is 4.43. The Hall–Kier alpha value is -0.430. The molecule has 0 bridgehead atoms. The fourth-order valence-electron chi connectivity index (χ4n) is 2.25. The van der Waals surface area contributed by atoms with Gasteiger partial charge in [-0.05, 0) is 47.8 Å². The van der Waals surface area contributed by atoms with Gasteiger partial charge in [-0.2, -0.15) is 0 Å². The first kappa shape index (κ1) is 10.7. The summed E-state index contributed by atoms with van der Waals surface area (Å²) in [4.78, 5) is 8.27. The van der Waals surface area contributed by atoms with Crippen LogP contribution in [-0.4, -0.2) is 28.7 Å². The van der Waals surface area contributed by atoms with Crippen LogP contribution in [0.2, 0.25) is 0 Å². The number of hydrogen-bond acceptors (Lipinski definition) is 4. The molecular formula is C11H14IN3O. The van der Waals surface area contributed by atoms with Crippen LogP contribution in [0, 0.1) is 9.49 Å². The molecule has 2 heterocycles. The lowest BCUT2D eigenvalue weighted by Gasteiger charge is -2.20. The molecule has 1 aromatic heterocycles. The summed E-state index contributed by atoms with van der Waals surface area (Å²) in [5.74, 6) is 1.72. The van der Waals surface area contributed by atoms with E-state index in [0.29, 0.717) is 12.1 Å². The van der Waals surface area contributed by atoms with Crippen molar-refractivity contribution in [3.8, 4) is 0 Å². The van der Waals surface area contributed by atoms with E-state index < -0.39 is 0 Å². The molecule has 2 aliphatic rings. The predicted molar refractivity (Wildman–Crippen MR) is 69.2 cm³/mol. The molecule has 5 heteroatoms. The number of aromatic nitrogens is 2. The van der Waals surface area contributed by atoms with Crippen LogP contribution in [-0.2, 0) is 4.74 Å². The first-order valence-electron chi connectivity index (χ1n) is 5.68. The zero-order valence-electron chi connectivity index (χ0n) is 8.90. The quantitative estimate of drug-likeness (QED) is 0.862. The maximum absolute atomic E-state index is 5.79. The minimum absolute atomic E-state index is 0.394. The SMILES string of the molecule is Ic1cncnc1NC1CCOC1C1CC1. The molecule has 3 rings (SSSR count). The molecular weight excluding hydrogens is 317 g/mol. The third-order valence-corrected chi connectivity index (χ3v) is 4.00. The second kappa shape index (κ2) is 4.44. The summed E-state index contributed by atoms with van der Waals surface area (Å²) in [5.41, 5.74) is 0. The van der Waals surface area contributed by atoms with E-state index in [9.17, 15) is 0 Å². The van der Waals surface area contributed by atoms with Gasteiger partial charge in [0.15, 0.2) is 0 Å². The van der Waals surface area contributed by atoms with Crippen LogP contribution in [0.15, 0.2) is 12.5 Å². The molecule has 0 amide bonds. The first-order valence-corrected chi connectivity index (χ1v) is 6.76. The zero-order chi connectivity index (χ0) is 11.0. The average molecular weight is 331 g/mol. The highest BCUT2D eigenvalue weighted by molar-refractivity contribution is 14.1. The van der Waals surface area contributed by atoms with Crippen molar-refractivity contribution in [3.63, 3.8) is 0 Å². The summed E-state index contributed by atoms with van der Waals surface area (Å²) in [7, 11) is 0. The average Bonchev–Trinajstić information content (AvgIpc) is 3.03. The van der Waals surface area contributed by atoms with Crippen molar-refractivity contribution in [1.29, 1.82) is 0 Å². The van der Waals surface area contributed by atoms with Gasteiger partial charge in [0.1, 0.15) is 12.1 Å². The standard InChI is InChI=1S/C11H14IN3O/c12-8-5-13-6-14-11(8)15-9-3-4-16-10(9)7-1-2-7/h5-7,9-10H,1-4H2,(H,13,14,15). The van der Waals surface area contributed by atoms with Crippen LogP contribution in [0.5, 0.6) is 0 Å². The molecule has 1 N–H and O–H groups in total. The Morgan fingerprint density at radius 2 is 2.25 bits per heavy atom. The van der Waals surface area contributed by atoms with E-state index >= 15 is 0 Å². The van der Waals surface area contributed by atoms with Gasteiger partial charge in [-0.25, -0.2) is 9.97 Å². The highest BCUT2D eigenvalue weighted by Crippen LogP contribution is 2.39. The summed E-state index contributed by atoms with van der Waals surface area (Å²) in [6, 6.07) is 0.427. The number of hydrogen-bond donors (Lipinski definition) is 1. The predicted octanol–water partition coefficient (Wildman–Crippen LogP) is 2.06. The monoisotopic (exact) mass is 331 g/mol. The van der Waals surface area contributed by atoms with Crippen molar-refractivity contribution in [3.05, 3.63) is 16.1 Å². The maximum atomic E-state index is 5.79. The van der Waals surface area contributed by atoms with Gasteiger partial charge in [0, 0.05) is 12.8 Å². The molecule has 2 fully saturated rings. The molecule has 1 saturated heterocycles. The number of ether oxygens (including phenoxy) is 1. The molecule has 1 aliphatic carbocycles. The van der Waals surface area contributed by atoms with Gasteiger partial charge in [0.05, 0.1) is 15.7 Å². The van der Waals surface area contributed by atoms with E-state index in [4.69, 9.17) is 4.74 Å². The molecule has 1 saturated carbocycles. The molecule has 1 aliphatic heterocycles. The molecule has 86 valence electrons. The van der Waals surface area contributed by atoms with Gasteiger partial charge in [-0.15, -0.1) is 0 Å². The smallest absolute Gasteiger partial charge is 0.143 e. The van der Waals surface area contributed by atoms with Crippen molar-refractivity contribution >= 4 is 28.4 Å². The van der Waals surface area contributed by atoms with E-state index in [1.54, 1.807) is 6.33 Å². The van der Waals surface area contributed by atoms with Crippen LogP contribution >= 0.6 is 22.6 Å². The molecule has 0 aromatic carbocycles. The van der Waals surface area contributed by atoms with Crippen LogP contribution in [0.1, 0.15) is 19.3 Å². The normalized spacial score (nSPS) is 29.3. The Labute approximate surface area is 108 Å². The lowest BCUT2D eigenvalue weighted by atomic mass is 10.1. The third kappa shape index (κ3) is 2.15. The van der Waals surface area contributed by atoms with Crippen molar-refractivity contribution in [2.45, 2.75) is 31.4 Å². The molecule has 4 nitrogen and oxygen atoms in total. The Balaban J connectivity index is 1.71. The molecule has 0 spiro atoms. The highest BCUT2D eigenvalue weighted by atomic mass is 127. The third-order valence-electron chi connectivity index (χ3n) is 3.21. The molecule has 1 aromatic rings. The van der Waals surface area contributed by atoms with Gasteiger partial charge in [0.2, 0.25) is 0 Å². The number of nitrogens with one attached hydrogen (secondary N) is 1.